The molecule has 0 spiro atoms. The van der Waals surface area contributed by atoms with Crippen LogP contribution in [-0.2, 0) is 10.2 Å². The number of fused-ring (bicyclic) bond motifs is 3. The van der Waals surface area contributed by atoms with E-state index in [4.69, 9.17) is 0 Å². The lowest BCUT2D eigenvalue weighted by Crippen LogP contribution is -2.41. The summed E-state index contributed by atoms with van der Waals surface area (Å²) in [6.45, 7) is 6.11. The van der Waals surface area contributed by atoms with Crippen molar-refractivity contribution >= 4 is 17.6 Å². The number of carbonyl (C=O) groups is 2. The zero-order chi connectivity index (χ0) is 17.1. The molecule has 3 heterocycles. The number of imide groups is 1. The van der Waals surface area contributed by atoms with E-state index in [1.165, 1.54) is 11.3 Å². The summed E-state index contributed by atoms with van der Waals surface area (Å²) in [5.41, 5.74) is 0.326. The van der Waals surface area contributed by atoms with Crippen molar-refractivity contribution in [3.63, 3.8) is 0 Å². The Morgan fingerprint density at radius 2 is 1.75 bits per heavy atom. The monoisotopic (exact) mass is 328 g/mol. The Labute approximate surface area is 142 Å². The first-order valence-electron chi connectivity index (χ1n) is 8.87. The van der Waals surface area contributed by atoms with Crippen molar-refractivity contribution < 1.29 is 9.59 Å². The first-order chi connectivity index (χ1) is 11.4. The molecule has 1 aromatic rings. The predicted molar refractivity (Wildman–Crippen MR) is 89.6 cm³/mol. The summed E-state index contributed by atoms with van der Waals surface area (Å²) in [4.78, 5) is 37.6. The van der Waals surface area contributed by atoms with Crippen molar-refractivity contribution in [2.75, 3.05) is 4.90 Å². The molecule has 2 aliphatic heterocycles. The number of nitrogens with zero attached hydrogens (tertiary/aromatic N) is 4. The zero-order valence-electron chi connectivity index (χ0n) is 14.5. The van der Waals surface area contributed by atoms with E-state index in [1.807, 2.05) is 25.7 Å². The predicted octanol–water partition coefficient (Wildman–Crippen LogP) is 2.87. The van der Waals surface area contributed by atoms with Gasteiger partial charge in [-0.1, -0.05) is 33.6 Å². The third-order valence-corrected chi connectivity index (χ3v) is 5.57. The van der Waals surface area contributed by atoms with Gasteiger partial charge in [0.1, 0.15) is 11.9 Å². The van der Waals surface area contributed by atoms with E-state index in [2.05, 4.69) is 9.97 Å². The molecule has 0 unspecified atom stereocenters. The van der Waals surface area contributed by atoms with Crippen LogP contribution in [0.2, 0.25) is 0 Å². The van der Waals surface area contributed by atoms with Crippen LogP contribution in [-0.4, -0.2) is 38.9 Å². The largest absolute Gasteiger partial charge is 0.332 e. The Bertz CT molecular complexity index is 679. The van der Waals surface area contributed by atoms with Gasteiger partial charge in [0, 0.05) is 11.5 Å². The number of urea groups is 1. The van der Waals surface area contributed by atoms with E-state index in [-0.39, 0.29) is 29.4 Å². The van der Waals surface area contributed by atoms with Crippen molar-refractivity contribution in [1.29, 1.82) is 0 Å². The van der Waals surface area contributed by atoms with E-state index >= 15 is 0 Å². The Balaban J connectivity index is 1.62. The molecule has 1 saturated carbocycles. The average Bonchev–Trinajstić information content (AvgIpc) is 3.04. The second-order valence-corrected chi connectivity index (χ2v) is 8.24. The van der Waals surface area contributed by atoms with Gasteiger partial charge in [0.2, 0.25) is 0 Å². The summed E-state index contributed by atoms with van der Waals surface area (Å²) in [6.07, 6.45) is 8.54. The van der Waals surface area contributed by atoms with E-state index in [1.54, 1.807) is 12.4 Å². The highest BCUT2D eigenvalue weighted by Crippen LogP contribution is 2.44. The standard InChI is InChI=1S/C18H24N4O2/c1-18(2,3)16-19-9-12(10-20-16)21-15(23)14-8-11-6-4-5-7-13(11)22(14)17(21)24/h9-11,13-14H,4-8H2,1-3H3/t11-,13+,14+/m1/s1. The van der Waals surface area contributed by atoms with Gasteiger partial charge in [-0.2, -0.15) is 0 Å². The van der Waals surface area contributed by atoms with Crippen molar-refractivity contribution in [1.82, 2.24) is 14.9 Å². The molecule has 3 atom stereocenters. The molecular weight excluding hydrogens is 304 g/mol. The van der Waals surface area contributed by atoms with E-state index in [0.717, 1.165) is 25.7 Å². The minimum absolute atomic E-state index is 0.110. The van der Waals surface area contributed by atoms with Gasteiger partial charge in [-0.3, -0.25) is 4.79 Å². The molecular formula is C18H24N4O2. The number of aromatic nitrogens is 2. The molecule has 1 aliphatic carbocycles. The molecule has 3 amide bonds. The highest BCUT2D eigenvalue weighted by Gasteiger charge is 2.56. The smallest absolute Gasteiger partial charge is 0.309 e. The first kappa shape index (κ1) is 15.5. The molecule has 24 heavy (non-hydrogen) atoms. The number of hydrogen-bond acceptors (Lipinski definition) is 4. The van der Waals surface area contributed by atoms with Crippen LogP contribution in [0.3, 0.4) is 0 Å². The van der Waals surface area contributed by atoms with Crippen molar-refractivity contribution in [2.45, 2.75) is 70.4 Å². The second kappa shape index (κ2) is 5.26. The maximum atomic E-state index is 12.9. The molecule has 1 aromatic heterocycles. The number of carbonyl (C=O) groups excluding carboxylic acids is 2. The van der Waals surface area contributed by atoms with Gasteiger partial charge >= 0.3 is 6.03 Å². The van der Waals surface area contributed by atoms with E-state index in [9.17, 15) is 9.59 Å². The third kappa shape index (κ3) is 2.23. The summed E-state index contributed by atoms with van der Waals surface area (Å²) in [6, 6.07) is -0.237. The average molecular weight is 328 g/mol. The fourth-order valence-corrected chi connectivity index (χ4v) is 4.38. The Morgan fingerprint density at radius 1 is 1.08 bits per heavy atom. The first-order valence-corrected chi connectivity index (χ1v) is 8.87. The quantitative estimate of drug-likeness (QED) is 0.744. The molecule has 0 aromatic carbocycles. The zero-order valence-corrected chi connectivity index (χ0v) is 14.5. The lowest BCUT2D eigenvalue weighted by Gasteiger charge is -2.30. The summed E-state index contributed by atoms with van der Waals surface area (Å²) in [7, 11) is 0. The molecule has 6 heteroatoms. The van der Waals surface area contributed by atoms with Crippen LogP contribution >= 0.6 is 0 Å². The molecule has 6 nitrogen and oxygen atoms in total. The Morgan fingerprint density at radius 3 is 2.42 bits per heavy atom. The normalized spacial score (nSPS) is 29.9. The third-order valence-electron chi connectivity index (χ3n) is 5.57. The van der Waals surface area contributed by atoms with Crippen molar-refractivity contribution in [2.24, 2.45) is 5.92 Å². The summed E-state index contributed by atoms with van der Waals surface area (Å²) in [5, 5.41) is 0. The minimum Gasteiger partial charge on any atom is -0.309 e. The van der Waals surface area contributed by atoms with E-state index < -0.39 is 0 Å². The molecule has 128 valence electrons. The number of rotatable bonds is 1. The van der Waals surface area contributed by atoms with Gasteiger partial charge in [-0.05, 0) is 25.2 Å². The topological polar surface area (TPSA) is 66.4 Å². The number of anilines is 1. The number of hydrogen-bond donors (Lipinski definition) is 0. The fourth-order valence-electron chi connectivity index (χ4n) is 4.38. The van der Waals surface area contributed by atoms with Crippen LogP contribution < -0.4 is 4.90 Å². The van der Waals surface area contributed by atoms with Crippen LogP contribution in [0, 0.1) is 5.92 Å². The number of amides is 3. The maximum absolute atomic E-state index is 12.9. The maximum Gasteiger partial charge on any atom is 0.332 e. The molecule has 2 saturated heterocycles. The lowest BCUT2D eigenvalue weighted by atomic mass is 9.84. The van der Waals surface area contributed by atoms with Crippen molar-refractivity contribution in [3.8, 4) is 0 Å². The van der Waals surface area contributed by atoms with Crippen LogP contribution in [0.5, 0.6) is 0 Å². The summed E-state index contributed by atoms with van der Waals surface area (Å²) in [5.74, 6) is 1.10. The molecule has 0 bridgehead atoms. The molecule has 0 radical (unpaired) electrons. The van der Waals surface area contributed by atoms with Gasteiger partial charge in [-0.25, -0.2) is 19.7 Å². The highest BCUT2D eigenvalue weighted by atomic mass is 16.2. The van der Waals surface area contributed by atoms with Crippen LogP contribution in [0.4, 0.5) is 10.5 Å². The minimum atomic E-state index is -0.284. The van der Waals surface area contributed by atoms with Crippen LogP contribution in [0.25, 0.3) is 0 Å². The van der Waals surface area contributed by atoms with Crippen LogP contribution in [0.15, 0.2) is 12.4 Å². The van der Waals surface area contributed by atoms with E-state index in [0.29, 0.717) is 17.4 Å². The van der Waals surface area contributed by atoms with Gasteiger partial charge in [0.05, 0.1) is 18.1 Å². The lowest BCUT2D eigenvalue weighted by molar-refractivity contribution is -0.119. The molecule has 3 aliphatic rings. The summed E-state index contributed by atoms with van der Waals surface area (Å²) >= 11 is 0. The summed E-state index contributed by atoms with van der Waals surface area (Å²) < 4.78 is 0. The van der Waals surface area contributed by atoms with Crippen molar-refractivity contribution in [3.05, 3.63) is 18.2 Å². The van der Waals surface area contributed by atoms with Gasteiger partial charge in [0.15, 0.2) is 0 Å². The van der Waals surface area contributed by atoms with Crippen LogP contribution in [0.1, 0.15) is 58.7 Å². The Hall–Kier alpha value is -1.98. The second-order valence-electron chi connectivity index (χ2n) is 8.24. The fraction of sp³-hybridized carbons (Fsp3) is 0.667. The van der Waals surface area contributed by atoms with Gasteiger partial charge in [0.25, 0.3) is 5.91 Å². The SMILES string of the molecule is CC(C)(C)c1ncc(N2C(=O)[C@@H]3C[C@H]4CCCC[C@@H]4N3C2=O)cn1. The molecule has 3 fully saturated rings. The van der Waals surface area contributed by atoms with Gasteiger partial charge in [-0.15, -0.1) is 0 Å². The Kier molecular flexibility index (Phi) is 3.41. The molecule has 0 N–H and O–H groups in total. The molecule has 4 rings (SSSR count). The van der Waals surface area contributed by atoms with Gasteiger partial charge < -0.3 is 4.90 Å². The highest BCUT2D eigenvalue weighted by molar-refractivity contribution is 6.21.